The van der Waals surface area contributed by atoms with Crippen LogP contribution in [0.4, 0.5) is 0 Å². The van der Waals surface area contributed by atoms with Gasteiger partial charge in [0.15, 0.2) is 12.3 Å². The van der Waals surface area contributed by atoms with Crippen molar-refractivity contribution in [1.82, 2.24) is 9.55 Å². The number of H-pyrrole nitrogens is 1. The standard InChI is InChI=1S/C24H22N2O8/c1-24(31)19(34-21(29)16-10-6-3-7-11-16)17(14-32-20(28)15-8-4-2-5-9-15)33-22(24)26-18(27)12-13-25-23(26)30/h2-13,17,19,22,31H,14H2,1H3,(H,25,30)/t17-,19-,22-,24-/m1/s1. The number of aliphatic hydroxyl groups is 1. The molecule has 1 aliphatic rings. The molecule has 1 saturated heterocycles. The first-order chi connectivity index (χ1) is 16.3. The van der Waals surface area contributed by atoms with Gasteiger partial charge in [-0.25, -0.2) is 19.0 Å². The summed E-state index contributed by atoms with van der Waals surface area (Å²) >= 11 is 0. The van der Waals surface area contributed by atoms with Crippen LogP contribution in [0, 0.1) is 0 Å². The van der Waals surface area contributed by atoms with Gasteiger partial charge < -0.3 is 24.3 Å². The van der Waals surface area contributed by atoms with Crippen LogP contribution in [0.15, 0.2) is 82.5 Å². The van der Waals surface area contributed by atoms with Crippen LogP contribution >= 0.6 is 0 Å². The normalized spacial score (nSPS) is 23.9. The van der Waals surface area contributed by atoms with E-state index < -0.39 is 53.8 Å². The monoisotopic (exact) mass is 466 g/mol. The van der Waals surface area contributed by atoms with Crippen LogP contribution in [0.25, 0.3) is 0 Å². The Kier molecular flexibility index (Phi) is 6.44. The Hall–Kier alpha value is -4.02. The molecule has 0 unspecified atom stereocenters. The lowest BCUT2D eigenvalue weighted by Gasteiger charge is -2.29. The zero-order valence-electron chi connectivity index (χ0n) is 18.1. The van der Waals surface area contributed by atoms with Crippen LogP contribution in [0.3, 0.4) is 0 Å². The van der Waals surface area contributed by atoms with Crippen LogP contribution in [-0.2, 0) is 14.2 Å². The van der Waals surface area contributed by atoms with E-state index in [1.165, 1.54) is 19.1 Å². The highest BCUT2D eigenvalue weighted by atomic mass is 16.6. The fraction of sp³-hybridized carbons (Fsp3) is 0.250. The molecule has 0 amide bonds. The van der Waals surface area contributed by atoms with Crippen molar-refractivity contribution in [3.8, 4) is 0 Å². The lowest BCUT2D eigenvalue weighted by atomic mass is 9.96. The molecule has 1 fully saturated rings. The number of nitrogens with zero attached hydrogens (tertiary/aromatic N) is 1. The molecule has 2 aromatic carbocycles. The zero-order valence-corrected chi connectivity index (χ0v) is 18.1. The molecule has 0 aliphatic carbocycles. The van der Waals surface area contributed by atoms with Crippen LogP contribution in [0.2, 0.25) is 0 Å². The molecule has 0 bridgehead atoms. The van der Waals surface area contributed by atoms with Crippen molar-refractivity contribution < 1.29 is 28.9 Å². The predicted molar refractivity (Wildman–Crippen MR) is 118 cm³/mol. The number of hydrogen-bond donors (Lipinski definition) is 2. The third kappa shape index (κ3) is 4.54. The Bertz CT molecular complexity index is 1260. The highest BCUT2D eigenvalue weighted by Crippen LogP contribution is 2.39. The van der Waals surface area contributed by atoms with Gasteiger partial charge in [0.2, 0.25) is 0 Å². The molecule has 0 radical (unpaired) electrons. The second kappa shape index (κ2) is 9.46. The van der Waals surface area contributed by atoms with Gasteiger partial charge in [0, 0.05) is 12.3 Å². The molecule has 10 heteroatoms. The van der Waals surface area contributed by atoms with Crippen LogP contribution in [-0.4, -0.2) is 51.0 Å². The van der Waals surface area contributed by atoms with E-state index >= 15 is 0 Å². The molecule has 1 aromatic heterocycles. The SMILES string of the molecule is C[C@@]1(O)[C@H](OC(=O)c2ccccc2)[C@@H](COC(=O)c2ccccc2)O[C@H]1n1c(=O)cc[nH]c1=O. The largest absolute Gasteiger partial charge is 0.459 e. The number of ether oxygens (including phenoxy) is 3. The van der Waals surface area contributed by atoms with E-state index in [4.69, 9.17) is 14.2 Å². The van der Waals surface area contributed by atoms with Gasteiger partial charge in [-0.05, 0) is 31.2 Å². The molecule has 2 heterocycles. The number of esters is 2. The third-order valence-corrected chi connectivity index (χ3v) is 5.47. The second-order valence-electron chi connectivity index (χ2n) is 7.90. The Morgan fingerprint density at radius 2 is 1.59 bits per heavy atom. The topological polar surface area (TPSA) is 137 Å². The minimum Gasteiger partial charge on any atom is -0.459 e. The van der Waals surface area contributed by atoms with Gasteiger partial charge in [-0.3, -0.25) is 4.79 Å². The molecule has 0 saturated carbocycles. The minimum absolute atomic E-state index is 0.219. The third-order valence-electron chi connectivity index (χ3n) is 5.47. The van der Waals surface area contributed by atoms with E-state index in [9.17, 15) is 24.3 Å². The van der Waals surface area contributed by atoms with Crippen molar-refractivity contribution >= 4 is 11.9 Å². The quantitative estimate of drug-likeness (QED) is 0.518. The first kappa shape index (κ1) is 23.1. The van der Waals surface area contributed by atoms with Crippen LogP contribution in [0.5, 0.6) is 0 Å². The van der Waals surface area contributed by atoms with Crippen LogP contribution < -0.4 is 11.2 Å². The molecule has 176 valence electrons. The van der Waals surface area contributed by atoms with Gasteiger partial charge >= 0.3 is 17.6 Å². The summed E-state index contributed by atoms with van der Waals surface area (Å²) < 4.78 is 17.4. The average molecular weight is 466 g/mol. The van der Waals surface area contributed by atoms with Crippen LogP contribution in [0.1, 0.15) is 33.9 Å². The van der Waals surface area contributed by atoms with Crippen molar-refractivity contribution in [3.63, 3.8) is 0 Å². The molecule has 4 atom stereocenters. The number of rotatable bonds is 6. The van der Waals surface area contributed by atoms with E-state index in [1.54, 1.807) is 48.5 Å². The maximum atomic E-state index is 12.7. The highest BCUT2D eigenvalue weighted by molar-refractivity contribution is 5.90. The second-order valence-corrected chi connectivity index (χ2v) is 7.90. The van der Waals surface area contributed by atoms with Crippen molar-refractivity contribution in [2.45, 2.75) is 31.0 Å². The molecule has 4 rings (SSSR count). The van der Waals surface area contributed by atoms with Gasteiger partial charge in [0.1, 0.15) is 18.3 Å². The number of nitrogens with one attached hydrogen (secondary N) is 1. The molecule has 34 heavy (non-hydrogen) atoms. The maximum absolute atomic E-state index is 12.7. The summed E-state index contributed by atoms with van der Waals surface area (Å²) in [5.41, 5.74) is -3.07. The summed E-state index contributed by atoms with van der Waals surface area (Å²) in [5, 5.41) is 11.3. The highest BCUT2D eigenvalue weighted by Gasteiger charge is 2.57. The number of carbonyl (C=O) groups is 2. The zero-order chi connectivity index (χ0) is 24.3. The summed E-state index contributed by atoms with van der Waals surface area (Å²) in [6.07, 6.45) is -2.90. The number of benzene rings is 2. The average Bonchev–Trinajstić information content (AvgIpc) is 3.08. The van der Waals surface area contributed by atoms with Gasteiger partial charge in [0.05, 0.1) is 11.1 Å². The Morgan fingerprint density at radius 3 is 2.18 bits per heavy atom. The summed E-state index contributed by atoms with van der Waals surface area (Å²) in [6, 6.07) is 17.4. The lowest BCUT2D eigenvalue weighted by Crippen LogP contribution is -2.51. The number of aromatic nitrogens is 2. The number of carbonyl (C=O) groups excluding carboxylic acids is 2. The van der Waals surface area contributed by atoms with Gasteiger partial charge in [-0.15, -0.1) is 0 Å². The molecule has 3 aromatic rings. The molecular weight excluding hydrogens is 444 g/mol. The van der Waals surface area contributed by atoms with Gasteiger partial charge in [0.25, 0.3) is 5.56 Å². The van der Waals surface area contributed by atoms with E-state index in [0.717, 1.165) is 12.3 Å². The van der Waals surface area contributed by atoms with E-state index in [2.05, 4.69) is 4.98 Å². The van der Waals surface area contributed by atoms with E-state index in [1.807, 2.05) is 0 Å². The fourth-order valence-electron chi connectivity index (χ4n) is 3.76. The Morgan fingerprint density at radius 1 is 1.00 bits per heavy atom. The summed E-state index contributed by atoms with van der Waals surface area (Å²) in [5.74, 6) is -1.42. The fourth-order valence-corrected chi connectivity index (χ4v) is 3.76. The van der Waals surface area contributed by atoms with Crippen molar-refractivity contribution in [2.24, 2.45) is 0 Å². The predicted octanol–water partition coefficient (Wildman–Crippen LogP) is 1.27. The molecule has 1 aliphatic heterocycles. The summed E-state index contributed by atoms with van der Waals surface area (Å²) in [7, 11) is 0. The van der Waals surface area contributed by atoms with Crippen molar-refractivity contribution in [1.29, 1.82) is 0 Å². The maximum Gasteiger partial charge on any atom is 0.338 e. The molecule has 10 nitrogen and oxygen atoms in total. The number of hydrogen-bond acceptors (Lipinski definition) is 8. The molecule has 0 spiro atoms. The minimum atomic E-state index is -2.02. The number of aromatic amines is 1. The van der Waals surface area contributed by atoms with Crippen molar-refractivity contribution in [2.75, 3.05) is 6.61 Å². The smallest absolute Gasteiger partial charge is 0.338 e. The molecular formula is C24H22N2O8. The first-order valence-corrected chi connectivity index (χ1v) is 10.5. The summed E-state index contributed by atoms with van der Waals surface area (Å²) in [4.78, 5) is 52.2. The summed E-state index contributed by atoms with van der Waals surface area (Å²) in [6.45, 7) is 0.866. The Labute approximate surface area is 193 Å². The van der Waals surface area contributed by atoms with Gasteiger partial charge in [-0.1, -0.05) is 36.4 Å². The van der Waals surface area contributed by atoms with Crippen molar-refractivity contribution in [3.05, 3.63) is 105 Å². The Balaban J connectivity index is 1.63. The first-order valence-electron chi connectivity index (χ1n) is 10.5. The van der Waals surface area contributed by atoms with E-state index in [-0.39, 0.29) is 11.1 Å². The molecule has 2 N–H and O–H groups in total. The van der Waals surface area contributed by atoms with E-state index in [0.29, 0.717) is 4.57 Å². The lowest BCUT2D eigenvalue weighted by molar-refractivity contribution is -0.102. The van der Waals surface area contributed by atoms with Gasteiger partial charge in [-0.2, -0.15) is 0 Å².